The number of nitrogens with zero attached hydrogens (tertiary/aromatic N) is 2. The number of carbonyl (C=O) groups is 1. The van der Waals surface area contributed by atoms with Crippen LogP contribution in [0.4, 0.5) is 10.1 Å². The molecule has 2 aromatic heterocycles. The van der Waals surface area contributed by atoms with Gasteiger partial charge in [-0.3, -0.25) is 9.20 Å². The van der Waals surface area contributed by atoms with Gasteiger partial charge in [-0.1, -0.05) is 42.5 Å². The zero-order chi connectivity index (χ0) is 18.1. The second-order valence-corrected chi connectivity index (χ2v) is 6.03. The number of amides is 1. The molecule has 0 saturated heterocycles. The molecule has 26 heavy (non-hydrogen) atoms. The van der Waals surface area contributed by atoms with Gasteiger partial charge >= 0.3 is 0 Å². The summed E-state index contributed by atoms with van der Waals surface area (Å²) in [4.78, 5) is 16.1. The summed E-state index contributed by atoms with van der Waals surface area (Å²) in [5, 5.41) is 2.84. The molecule has 4 rings (SSSR count). The molecule has 4 nitrogen and oxygen atoms in total. The number of carbonyl (C=O) groups excluding carboxylic acids is 1. The van der Waals surface area contributed by atoms with Crippen molar-refractivity contribution in [2.45, 2.75) is 6.92 Å². The standard InChI is InChI=1S/C21H16FN3O/c1-14(26)24-19-11-17(15-7-9-18(22)10-8-15)13-25-20(12-23-21(19)25)16-5-3-2-4-6-16/h2-13H,1H3,(H,24,26). The maximum Gasteiger partial charge on any atom is 0.221 e. The van der Waals surface area contributed by atoms with Crippen LogP contribution in [0, 0.1) is 5.82 Å². The van der Waals surface area contributed by atoms with Crippen LogP contribution in [0.25, 0.3) is 28.0 Å². The lowest BCUT2D eigenvalue weighted by atomic mass is 10.1. The average molecular weight is 345 g/mol. The largest absolute Gasteiger partial charge is 0.323 e. The summed E-state index contributed by atoms with van der Waals surface area (Å²) in [5.74, 6) is -0.461. The fraction of sp³-hybridized carbons (Fsp3) is 0.0476. The molecule has 0 aliphatic rings. The number of hydrogen-bond donors (Lipinski definition) is 1. The van der Waals surface area contributed by atoms with Crippen LogP contribution in [-0.2, 0) is 4.79 Å². The summed E-state index contributed by atoms with van der Waals surface area (Å²) >= 11 is 0. The minimum atomic E-state index is -0.287. The minimum absolute atomic E-state index is 0.174. The summed E-state index contributed by atoms with van der Waals surface area (Å²) in [6, 6.07) is 18.0. The Morgan fingerprint density at radius 3 is 2.42 bits per heavy atom. The van der Waals surface area contributed by atoms with E-state index in [1.807, 2.05) is 47.0 Å². The first-order valence-corrected chi connectivity index (χ1v) is 8.22. The molecule has 0 unspecified atom stereocenters. The van der Waals surface area contributed by atoms with Crippen molar-refractivity contribution in [1.82, 2.24) is 9.38 Å². The smallest absolute Gasteiger partial charge is 0.221 e. The van der Waals surface area contributed by atoms with E-state index in [1.165, 1.54) is 19.1 Å². The molecule has 0 fully saturated rings. The van der Waals surface area contributed by atoms with E-state index in [-0.39, 0.29) is 11.7 Å². The third-order valence-corrected chi connectivity index (χ3v) is 4.16. The highest BCUT2D eigenvalue weighted by Gasteiger charge is 2.13. The summed E-state index contributed by atoms with van der Waals surface area (Å²) in [6.07, 6.45) is 3.73. The Bertz CT molecular complexity index is 1090. The Labute approximate surface area is 149 Å². The average Bonchev–Trinajstić information content (AvgIpc) is 3.07. The second-order valence-electron chi connectivity index (χ2n) is 6.03. The van der Waals surface area contributed by atoms with Gasteiger partial charge in [-0.05, 0) is 23.8 Å². The third kappa shape index (κ3) is 2.95. The molecule has 128 valence electrons. The van der Waals surface area contributed by atoms with E-state index in [0.717, 1.165) is 22.4 Å². The molecule has 2 aromatic carbocycles. The Kier molecular flexibility index (Phi) is 3.97. The van der Waals surface area contributed by atoms with Crippen LogP contribution in [0.15, 0.2) is 73.1 Å². The fourth-order valence-corrected chi connectivity index (χ4v) is 2.99. The Hall–Kier alpha value is -3.47. The fourth-order valence-electron chi connectivity index (χ4n) is 2.99. The SMILES string of the molecule is CC(=O)Nc1cc(-c2ccc(F)cc2)cn2c(-c3ccccc3)cnc12. The molecule has 0 bridgehead atoms. The maximum atomic E-state index is 13.3. The molecule has 0 aliphatic carbocycles. The van der Waals surface area contributed by atoms with Gasteiger partial charge in [-0.2, -0.15) is 0 Å². The number of halogens is 1. The highest BCUT2D eigenvalue weighted by Crippen LogP contribution is 2.30. The number of nitrogens with one attached hydrogen (secondary N) is 1. The van der Waals surface area contributed by atoms with Gasteiger partial charge in [0.2, 0.25) is 5.91 Å². The van der Waals surface area contributed by atoms with Gasteiger partial charge in [-0.25, -0.2) is 9.37 Å². The van der Waals surface area contributed by atoms with Crippen LogP contribution in [-0.4, -0.2) is 15.3 Å². The lowest BCUT2D eigenvalue weighted by molar-refractivity contribution is -0.114. The van der Waals surface area contributed by atoms with E-state index in [1.54, 1.807) is 18.3 Å². The predicted molar refractivity (Wildman–Crippen MR) is 100 cm³/mol. The van der Waals surface area contributed by atoms with Gasteiger partial charge in [0.05, 0.1) is 17.6 Å². The van der Waals surface area contributed by atoms with Gasteiger partial charge in [0, 0.05) is 24.2 Å². The molecule has 0 saturated carbocycles. The van der Waals surface area contributed by atoms with Crippen LogP contribution in [0.2, 0.25) is 0 Å². The number of hydrogen-bond acceptors (Lipinski definition) is 2. The highest BCUT2D eigenvalue weighted by molar-refractivity contribution is 5.94. The zero-order valence-electron chi connectivity index (χ0n) is 14.1. The Morgan fingerprint density at radius 1 is 1.00 bits per heavy atom. The quantitative estimate of drug-likeness (QED) is 0.581. The molecule has 1 N–H and O–H groups in total. The monoisotopic (exact) mass is 345 g/mol. The van der Waals surface area contributed by atoms with Crippen molar-refractivity contribution in [2.75, 3.05) is 5.32 Å². The number of fused-ring (bicyclic) bond motifs is 1. The molecule has 1 amide bonds. The van der Waals surface area contributed by atoms with Crippen molar-refractivity contribution in [3.63, 3.8) is 0 Å². The van der Waals surface area contributed by atoms with E-state index in [9.17, 15) is 9.18 Å². The molecule has 0 atom stereocenters. The van der Waals surface area contributed by atoms with E-state index < -0.39 is 0 Å². The van der Waals surface area contributed by atoms with Crippen molar-refractivity contribution in [3.05, 3.63) is 78.9 Å². The van der Waals surface area contributed by atoms with Crippen molar-refractivity contribution < 1.29 is 9.18 Å². The lowest BCUT2D eigenvalue weighted by Crippen LogP contribution is -2.08. The first-order valence-electron chi connectivity index (χ1n) is 8.22. The normalized spacial score (nSPS) is 10.8. The van der Waals surface area contributed by atoms with Crippen LogP contribution < -0.4 is 5.32 Å². The number of aromatic nitrogens is 2. The van der Waals surface area contributed by atoms with Crippen LogP contribution in [0.5, 0.6) is 0 Å². The Balaban J connectivity index is 1.95. The molecular weight excluding hydrogens is 329 g/mol. The summed E-state index contributed by atoms with van der Waals surface area (Å²) in [6.45, 7) is 1.46. The molecule has 0 aliphatic heterocycles. The van der Waals surface area contributed by atoms with Gasteiger partial charge in [0.25, 0.3) is 0 Å². The van der Waals surface area contributed by atoms with Crippen LogP contribution in [0.3, 0.4) is 0 Å². The zero-order valence-corrected chi connectivity index (χ0v) is 14.1. The molecule has 2 heterocycles. The first kappa shape index (κ1) is 16.0. The molecule has 4 aromatic rings. The van der Waals surface area contributed by atoms with Crippen LogP contribution >= 0.6 is 0 Å². The number of benzene rings is 2. The Morgan fingerprint density at radius 2 is 1.73 bits per heavy atom. The van der Waals surface area contributed by atoms with Crippen LogP contribution in [0.1, 0.15) is 6.92 Å². The van der Waals surface area contributed by atoms with Crippen molar-refractivity contribution >= 4 is 17.2 Å². The van der Waals surface area contributed by atoms with Crippen molar-refractivity contribution in [2.24, 2.45) is 0 Å². The number of anilines is 1. The van der Waals surface area contributed by atoms with E-state index >= 15 is 0 Å². The van der Waals surface area contributed by atoms with Gasteiger partial charge in [-0.15, -0.1) is 0 Å². The minimum Gasteiger partial charge on any atom is -0.323 e. The predicted octanol–water partition coefficient (Wildman–Crippen LogP) is 4.77. The summed E-state index contributed by atoms with van der Waals surface area (Å²) in [5.41, 5.74) is 4.91. The van der Waals surface area contributed by atoms with E-state index in [2.05, 4.69) is 10.3 Å². The van der Waals surface area contributed by atoms with Crippen molar-refractivity contribution in [3.8, 4) is 22.4 Å². The lowest BCUT2D eigenvalue weighted by Gasteiger charge is -2.11. The van der Waals surface area contributed by atoms with Gasteiger partial charge < -0.3 is 5.32 Å². The third-order valence-electron chi connectivity index (χ3n) is 4.16. The molecule has 0 radical (unpaired) electrons. The van der Waals surface area contributed by atoms with E-state index in [4.69, 9.17) is 0 Å². The molecular formula is C21H16FN3O. The summed E-state index contributed by atoms with van der Waals surface area (Å²) in [7, 11) is 0. The molecule has 5 heteroatoms. The topological polar surface area (TPSA) is 46.4 Å². The van der Waals surface area contributed by atoms with Gasteiger partial charge in [0.15, 0.2) is 5.65 Å². The number of imidazole rings is 1. The first-order chi connectivity index (χ1) is 12.6. The van der Waals surface area contributed by atoms with E-state index in [0.29, 0.717) is 11.3 Å². The highest BCUT2D eigenvalue weighted by atomic mass is 19.1. The maximum absolute atomic E-state index is 13.3. The number of pyridine rings is 1. The second kappa shape index (κ2) is 6.44. The summed E-state index contributed by atoms with van der Waals surface area (Å²) < 4.78 is 15.2. The van der Waals surface area contributed by atoms with Gasteiger partial charge in [0.1, 0.15) is 5.82 Å². The van der Waals surface area contributed by atoms with Crippen molar-refractivity contribution in [1.29, 1.82) is 0 Å². The molecule has 0 spiro atoms. The number of rotatable bonds is 3.